The highest BCUT2D eigenvalue weighted by Crippen LogP contribution is 2.23. The molecule has 1 saturated heterocycles. The van der Waals surface area contributed by atoms with Gasteiger partial charge in [0.05, 0.1) is 6.04 Å². The Balaban J connectivity index is 1.66. The van der Waals surface area contributed by atoms with Gasteiger partial charge >= 0.3 is 5.97 Å². The lowest BCUT2D eigenvalue weighted by atomic mass is 9.98. The van der Waals surface area contributed by atoms with Crippen LogP contribution in [0.1, 0.15) is 36.4 Å². The number of amides is 1. The maximum atomic E-state index is 12.6. The number of carboxylic acids is 1. The number of aliphatic carboxylic acids is 1. The van der Waals surface area contributed by atoms with Gasteiger partial charge in [-0.2, -0.15) is 0 Å². The van der Waals surface area contributed by atoms with Crippen LogP contribution < -0.4 is 5.32 Å². The van der Waals surface area contributed by atoms with E-state index in [1.54, 1.807) is 0 Å². The van der Waals surface area contributed by atoms with Gasteiger partial charge in [0.25, 0.3) is 0 Å². The van der Waals surface area contributed by atoms with Gasteiger partial charge in [-0.25, -0.2) is 4.79 Å². The fourth-order valence-electron chi connectivity index (χ4n) is 3.24. The molecule has 2 aromatic carbocycles. The van der Waals surface area contributed by atoms with Gasteiger partial charge in [0.15, 0.2) is 6.10 Å². The Bertz CT molecular complexity index is 732. The number of benzene rings is 2. The van der Waals surface area contributed by atoms with E-state index < -0.39 is 18.2 Å². The number of carbonyl (C=O) groups excluding carboxylic acids is 1. The Labute approximate surface area is 153 Å². The lowest BCUT2D eigenvalue weighted by molar-refractivity contribution is -0.151. The molecular weight excluding hydrogens is 330 g/mol. The zero-order valence-corrected chi connectivity index (χ0v) is 14.5. The number of carbonyl (C=O) groups is 2. The maximum absolute atomic E-state index is 12.6. The highest BCUT2D eigenvalue weighted by molar-refractivity contribution is 5.83. The number of aryl methyl sites for hydroxylation is 1. The van der Waals surface area contributed by atoms with Crippen LogP contribution >= 0.6 is 0 Å². The van der Waals surface area contributed by atoms with E-state index >= 15 is 0 Å². The largest absolute Gasteiger partial charge is 0.479 e. The van der Waals surface area contributed by atoms with Crippen molar-refractivity contribution in [1.82, 2.24) is 5.32 Å². The first-order valence-corrected chi connectivity index (χ1v) is 8.91. The number of ether oxygens (including phenoxy) is 1. The lowest BCUT2D eigenvalue weighted by Crippen LogP contribution is -2.38. The van der Waals surface area contributed by atoms with Gasteiger partial charge < -0.3 is 15.2 Å². The van der Waals surface area contributed by atoms with Crippen LogP contribution in [0.15, 0.2) is 60.7 Å². The van der Waals surface area contributed by atoms with E-state index in [0.29, 0.717) is 12.8 Å². The Kier molecular flexibility index (Phi) is 6.02. The van der Waals surface area contributed by atoms with E-state index in [9.17, 15) is 9.59 Å². The molecule has 5 nitrogen and oxygen atoms in total. The molecule has 1 heterocycles. The third kappa shape index (κ3) is 4.70. The lowest BCUT2D eigenvalue weighted by Gasteiger charge is -2.21. The second-order valence-electron chi connectivity index (χ2n) is 6.53. The maximum Gasteiger partial charge on any atom is 0.332 e. The standard InChI is InChI=1S/C21H23NO4/c23-20(18-13-14-19(26-18)21(24)25)22-17(16-9-5-2-6-10-16)12-11-15-7-3-1-4-8-15/h1-10,17-19H,11-14H2,(H,22,23)(H,24,25)/t17?,18-,19+/m0/s1. The van der Waals surface area contributed by atoms with Gasteiger partial charge in [0, 0.05) is 0 Å². The number of nitrogens with one attached hydrogen (secondary N) is 1. The van der Waals surface area contributed by atoms with Crippen LogP contribution in [0.4, 0.5) is 0 Å². The third-order valence-electron chi connectivity index (χ3n) is 4.67. The first-order valence-electron chi connectivity index (χ1n) is 8.91. The molecule has 2 aromatic rings. The molecule has 0 spiro atoms. The van der Waals surface area contributed by atoms with E-state index in [1.165, 1.54) is 5.56 Å². The molecule has 1 aliphatic heterocycles. The van der Waals surface area contributed by atoms with Crippen LogP contribution in [0.5, 0.6) is 0 Å². The SMILES string of the molecule is O=C(NC(CCc1ccccc1)c1ccccc1)[C@@H]1CC[C@H](C(=O)O)O1. The summed E-state index contributed by atoms with van der Waals surface area (Å²) in [5.41, 5.74) is 2.25. The van der Waals surface area contributed by atoms with Crippen LogP contribution in [0.2, 0.25) is 0 Å². The van der Waals surface area contributed by atoms with Crippen molar-refractivity contribution < 1.29 is 19.4 Å². The Hall–Kier alpha value is -2.66. The van der Waals surface area contributed by atoms with E-state index in [4.69, 9.17) is 9.84 Å². The van der Waals surface area contributed by atoms with Crippen molar-refractivity contribution in [2.45, 2.75) is 43.9 Å². The summed E-state index contributed by atoms with van der Waals surface area (Å²) in [6.45, 7) is 0. The monoisotopic (exact) mass is 353 g/mol. The molecular formula is C21H23NO4. The summed E-state index contributed by atoms with van der Waals surface area (Å²) in [7, 11) is 0. The molecule has 136 valence electrons. The Morgan fingerprint density at radius 3 is 2.23 bits per heavy atom. The topological polar surface area (TPSA) is 75.6 Å². The second kappa shape index (κ2) is 8.63. The van der Waals surface area contributed by atoms with Gasteiger partial charge in [-0.3, -0.25) is 4.79 Å². The number of hydrogen-bond acceptors (Lipinski definition) is 3. The van der Waals surface area contributed by atoms with Crippen LogP contribution in [0.3, 0.4) is 0 Å². The van der Waals surface area contributed by atoms with Gasteiger partial charge in [0.2, 0.25) is 5.91 Å². The Morgan fingerprint density at radius 1 is 1.00 bits per heavy atom. The zero-order chi connectivity index (χ0) is 18.4. The van der Waals surface area contributed by atoms with Crippen LogP contribution in [-0.2, 0) is 20.7 Å². The molecule has 0 bridgehead atoms. The van der Waals surface area contributed by atoms with E-state index in [2.05, 4.69) is 17.4 Å². The first kappa shape index (κ1) is 18.1. The molecule has 0 radical (unpaired) electrons. The number of carboxylic acid groups (broad SMARTS) is 1. The van der Waals surface area contributed by atoms with Crippen molar-refractivity contribution >= 4 is 11.9 Å². The fourth-order valence-corrected chi connectivity index (χ4v) is 3.24. The predicted octanol–water partition coefficient (Wildman–Crippen LogP) is 3.11. The Morgan fingerprint density at radius 2 is 1.62 bits per heavy atom. The number of rotatable bonds is 7. The molecule has 2 N–H and O–H groups in total. The van der Waals surface area contributed by atoms with Crippen molar-refractivity contribution in [2.75, 3.05) is 0 Å². The quantitative estimate of drug-likeness (QED) is 0.802. The van der Waals surface area contributed by atoms with Crippen LogP contribution in [0, 0.1) is 0 Å². The molecule has 3 atom stereocenters. The van der Waals surface area contributed by atoms with Gasteiger partial charge in [-0.1, -0.05) is 60.7 Å². The summed E-state index contributed by atoms with van der Waals surface area (Å²) in [4.78, 5) is 23.6. The minimum absolute atomic E-state index is 0.142. The third-order valence-corrected chi connectivity index (χ3v) is 4.67. The van der Waals surface area contributed by atoms with E-state index in [0.717, 1.165) is 18.4 Å². The van der Waals surface area contributed by atoms with Crippen molar-refractivity contribution in [3.8, 4) is 0 Å². The summed E-state index contributed by atoms with van der Waals surface area (Å²) in [5.74, 6) is -1.25. The molecule has 1 amide bonds. The highest BCUT2D eigenvalue weighted by atomic mass is 16.5. The van der Waals surface area contributed by atoms with Gasteiger partial charge in [-0.05, 0) is 36.8 Å². The van der Waals surface area contributed by atoms with Crippen LogP contribution in [-0.4, -0.2) is 29.2 Å². The molecule has 26 heavy (non-hydrogen) atoms. The zero-order valence-electron chi connectivity index (χ0n) is 14.5. The predicted molar refractivity (Wildman–Crippen MR) is 97.6 cm³/mol. The number of hydrogen-bond donors (Lipinski definition) is 2. The normalized spacial score (nSPS) is 20.5. The van der Waals surface area contributed by atoms with Crippen molar-refractivity contribution in [1.29, 1.82) is 0 Å². The average Bonchev–Trinajstić information content (AvgIpc) is 3.17. The minimum Gasteiger partial charge on any atom is -0.479 e. The molecule has 1 aliphatic rings. The molecule has 5 heteroatoms. The molecule has 3 rings (SSSR count). The fraction of sp³-hybridized carbons (Fsp3) is 0.333. The molecule has 0 aromatic heterocycles. The molecule has 1 unspecified atom stereocenters. The van der Waals surface area contributed by atoms with Gasteiger partial charge in [0.1, 0.15) is 6.10 Å². The highest BCUT2D eigenvalue weighted by Gasteiger charge is 2.35. The summed E-state index contributed by atoms with van der Waals surface area (Å²) < 4.78 is 5.37. The molecule has 0 saturated carbocycles. The first-order chi connectivity index (χ1) is 12.6. The summed E-state index contributed by atoms with van der Waals surface area (Å²) in [6, 6.07) is 19.8. The molecule has 1 fully saturated rings. The van der Waals surface area contributed by atoms with E-state index in [1.807, 2.05) is 48.5 Å². The van der Waals surface area contributed by atoms with E-state index in [-0.39, 0.29) is 11.9 Å². The summed E-state index contributed by atoms with van der Waals surface area (Å²) in [5, 5.41) is 12.1. The smallest absolute Gasteiger partial charge is 0.332 e. The summed E-state index contributed by atoms with van der Waals surface area (Å²) >= 11 is 0. The molecule has 0 aliphatic carbocycles. The van der Waals surface area contributed by atoms with Crippen molar-refractivity contribution in [3.05, 3.63) is 71.8 Å². The van der Waals surface area contributed by atoms with Gasteiger partial charge in [-0.15, -0.1) is 0 Å². The van der Waals surface area contributed by atoms with Crippen molar-refractivity contribution in [3.63, 3.8) is 0 Å². The average molecular weight is 353 g/mol. The second-order valence-corrected chi connectivity index (χ2v) is 6.53. The minimum atomic E-state index is -1.01. The summed E-state index contributed by atoms with van der Waals surface area (Å²) in [6.07, 6.45) is 0.819. The van der Waals surface area contributed by atoms with Crippen LogP contribution in [0.25, 0.3) is 0 Å². The van der Waals surface area contributed by atoms with Crippen molar-refractivity contribution in [2.24, 2.45) is 0 Å².